The van der Waals surface area contributed by atoms with Gasteiger partial charge in [0.2, 0.25) is 11.8 Å². The summed E-state index contributed by atoms with van der Waals surface area (Å²) < 4.78 is 0. The molecule has 2 rings (SSSR count). The molecule has 0 heterocycles. The highest BCUT2D eigenvalue weighted by Gasteiger charge is 2.29. The lowest BCUT2D eigenvalue weighted by Crippen LogP contribution is -2.50. The molecule has 1 aromatic rings. The largest absolute Gasteiger partial charge is 0.352 e. The molecule has 0 radical (unpaired) electrons. The molecule has 1 fully saturated rings. The number of aryl methyl sites for hydroxylation is 1. The summed E-state index contributed by atoms with van der Waals surface area (Å²) >= 11 is 0. The summed E-state index contributed by atoms with van der Waals surface area (Å²) in [6, 6.07) is 8.03. The maximum absolute atomic E-state index is 12.7. The van der Waals surface area contributed by atoms with E-state index < -0.39 is 6.04 Å². The van der Waals surface area contributed by atoms with Crippen molar-refractivity contribution in [1.82, 2.24) is 10.2 Å². The van der Waals surface area contributed by atoms with Crippen LogP contribution in [0.4, 0.5) is 0 Å². The predicted molar refractivity (Wildman–Crippen MR) is 96.5 cm³/mol. The highest BCUT2D eigenvalue weighted by Crippen LogP contribution is 2.19. The monoisotopic (exact) mass is 330 g/mol. The van der Waals surface area contributed by atoms with E-state index in [1.165, 1.54) is 18.4 Å². The topological polar surface area (TPSA) is 49.4 Å². The molecule has 0 aromatic heterocycles. The highest BCUT2D eigenvalue weighted by molar-refractivity contribution is 5.87. The minimum absolute atomic E-state index is 0.00106. The van der Waals surface area contributed by atoms with Gasteiger partial charge in [-0.15, -0.1) is 0 Å². The summed E-state index contributed by atoms with van der Waals surface area (Å²) in [6.07, 6.45) is 5.53. The Labute approximate surface area is 145 Å². The van der Waals surface area contributed by atoms with Crippen molar-refractivity contribution in [2.24, 2.45) is 0 Å². The maximum Gasteiger partial charge on any atom is 0.243 e. The molecule has 1 atom stereocenters. The van der Waals surface area contributed by atoms with Gasteiger partial charge < -0.3 is 10.2 Å². The Hall–Kier alpha value is -1.84. The second-order valence-electron chi connectivity index (χ2n) is 6.78. The number of hydrogen-bond acceptors (Lipinski definition) is 2. The third kappa shape index (κ3) is 4.83. The Morgan fingerprint density at radius 1 is 1.25 bits per heavy atom. The lowest BCUT2D eigenvalue weighted by molar-refractivity contribution is -0.141. The van der Waals surface area contributed by atoms with Crippen LogP contribution in [0.15, 0.2) is 24.3 Å². The van der Waals surface area contributed by atoms with Crippen LogP contribution in [0.2, 0.25) is 0 Å². The first-order valence-electron chi connectivity index (χ1n) is 9.20. The summed E-state index contributed by atoms with van der Waals surface area (Å²) in [7, 11) is 0. The van der Waals surface area contributed by atoms with Crippen molar-refractivity contribution in [3.63, 3.8) is 0 Å². The minimum atomic E-state index is -0.390. The molecule has 1 aliphatic carbocycles. The number of nitrogens with zero attached hydrogens (tertiary/aromatic N) is 1. The Bertz CT molecular complexity index is 565. The fraction of sp³-hybridized carbons (Fsp3) is 0.600. The van der Waals surface area contributed by atoms with Crippen molar-refractivity contribution in [1.29, 1.82) is 0 Å². The molecule has 132 valence electrons. The Balaban J connectivity index is 2.13. The van der Waals surface area contributed by atoms with E-state index in [1.807, 2.05) is 39.0 Å². The number of amides is 2. The minimum Gasteiger partial charge on any atom is -0.352 e. The standard InChI is InChI=1S/C20H30N2O2/c1-4-18(20(24)21-17-11-6-7-12-17)22(19(23)5-2)14-16-10-8-9-15(3)13-16/h8-10,13,17-18H,4-7,11-12,14H2,1-3H3,(H,21,24). The van der Waals surface area contributed by atoms with Crippen LogP contribution in [-0.2, 0) is 16.1 Å². The predicted octanol–water partition coefficient (Wildman–Crippen LogP) is 3.57. The van der Waals surface area contributed by atoms with Crippen molar-refractivity contribution in [3.8, 4) is 0 Å². The van der Waals surface area contributed by atoms with E-state index >= 15 is 0 Å². The highest BCUT2D eigenvalue weighted by atomic mass is 16.2. The van der Waals surface area contributed by atoms with Crippen LogP contribution in [0.3, 0.4) is 0 Å². The van der Waals surface area contributed by atoms with Crippen molar-refractivity contribution in [2.75, 3.05) is 0 Å². The van der Waals surface area contributed by atoms with Gasteiger partial charge in [-0.05, 0) is 31.7 Å². The lowest BCUT2D eigenvalue weighted by atomic mass is 10.1. The lowest BCUT2D eigenvalue weighted by Gasteiger charge is -2.31. The fourth-order valence-electron chi connectivity index (χ4n) is 3.50. The van der Waals surface area contributed by atoms with Crippen molar-refractivity contribution < 1.29 is 9.59 Å². The first-order valence-corrected chi connectivity index (χ1v) is 9.20. The zero-order valence-corrected chi connectivity index (χ0v) is 15.2. The summed E-state index contributed by atoms with van der Waals surface area (Å²) in [5.41, 5.74) is 2.24. The second-order valence-corrected chi connectivity index (χ2v) is 6.78. The van der Waals surface area contributed by atoms with Gasteiger partial charge in [-0.3, -0.25) is 9.59 Å². The molecule has 24 heavy (non-hydrogen) atoms. The van der Waals surface area contributed by atoms with E-state index in [1.54, 1.807) is 4.90 Å². The maximum atomic E-state index is 12.7. The molecule has 0 saturated heterocycles. The summed E-state index contributed by atoms with van der Waals surface area (Å²) in [4.78, 5) is 27.0. The number of hydrogen-bond donors (Lipinski definition) is 1. The van der Waals surface area contributed by atoms with Gasteiger partial charge in [0, 0.05) is 19.0 Å². The Morgan fingerprint density at radius 3 is 2.54 bits per heavy atom. The van der Waals surface area contributed by atoms with Gasteiger partial charge in [-0.2, -0.15) is 0 Å². The quantitative estimate of drug-likeness (QED) is 0.831. The van der Waals surface area contributed by atoms with Crippen LogP contribution in [-0.4, -0.2) is 28.8 Å². The van der Waals surface area contributed by atoms with Gasteiger partial charge in [-0.1, -0.05) is 56.5 Å². The molecule has 1 aliphatic rings. The van der Waals surface area contributed by atoms with E-state index in [0.717, 1.165) is 18.4 Å². The van der Waals surface area contributed by atoms with Crippen LogP contribution in [0.1, 0.15) is 63.5 Å². The number of benzene rings is 1. The van der Waals surface area contributed by atoms with Gasteiger partial charge in [0.1, 0.15) is 6.04 Å². The van der Waals surface area contributed by atoms with Crippen LogP contribution in [0, 0.1) is 6.92 Å². The molecule has 2 amide bonds. The molecule has 4 heteroatoms. The van der Waals surface area contributed by atoms with E-state index in [9.17, 15) is 9.59 Å². The van der Waals surface area contributed by atoms with Crippen molar-refractivity contribution >= 4 is 11.8 Å². The summed E-state index contributed by atoms with van der Waals surface area (Å²) in [6.45, 7) is 6.36. The van der Waals surface area contributed by atoms with Crippen LogP contribution >= 0.6 is 0 Å². The van der Waals surface area contributed by atoms with Gasteiger partial charge in [-0.25, -0.2) is 0 Å². The first-order chi connectivity index (χ1) is 11.5. The average molecular weight is 330 g/mol. The smallest absolute Gasteiger partial charge is 0.243 e. The molecule has 0 aliphatic heterocycles. The van der Waals surface area contributed by atoms with E-state index in [-0.39, 0.29) is 17.9 Å². The van der Waals surface area contributed by atoms with E-state index in [4.69, 9.17) is 0 Å². The van der Waals surface area contributed by atoms with E-state index in [2.05, 4.69) is 11.4 Å². The SMILES string of the molecule is CCC(=O)N(Cc1cccc(C)c1)C(CC)C(=O)NC1CCCC1. The summed E-state index contributed by atoms with van der Waals surface area (Å²) in [5, 5.41) is 3.15. The average Bonchev–Trinajstić information content (AvgIpc) is 3.07. The molecule has 1 N–H and O–H groups in total. The molecule has 4 nitrogen and oxygen atoms in total. The van der Waals surface area contributed by atoms with Crippen molar-refractivity contribution in [3.05, 3.63) is 35.4 Å². The van der Waals surface area contributed by atoms with Gasteiger partial charge in [0.25, 0.3) is 0 Å². The van der Waals surface area contributed by atoms with Gasteiger partial charge >= 0.3 is 0 Å². The normalized spacial score (nSPS) is 16.0. The number of carbonyl (C=O) groups is 2. The molecule has 0 bridgehead atoms. The number of nitrogens with one attached hydrogen (secondary N) is 1. The van der Waals surface area contributed by atoms with E-state index in [0.29, 0.717) is 19.4 Å². The molecule has 0 spiro atoms. The Morgan fingerprint density at radius 2 is 1.96 bits per heavy atom. The molecular weight excluding hydrogens is 300 g/mol. The molecule has 1 aromatic carbocycles. The second kappa shape index (κ2) is 8.86. The number of rotatable bonds is 7. The third-order valence-electron chi connectivity index (χ3n) is 4.83. The molecule has 1 unspecified atom stereocenters. The van der Waals surface area contributed by atoms with Gasteiger partial charge in [0.15, 0.2) is 0 Å². The zero-order chi connectivity index (χ0) is 17.5. The Kier molecular flexibility index (Phi) is 6.83. The molecular formula is C20H30N2O2. The van der Waals surface area contributed by atoms with Crippen molar-refractivity contribution in [2.45, 2.75) is 77.9 Å². The molecule has 1 saturated carbocycles. The van der Waals surface area contributed by atoms with Gasteiger partial charge in [0.05, 0.1) is 0 Å². The summed E-state index contributed by atoms with van der Waals surface area (Å²) in [5.74, 6) is 0.0313. The third-order valence-corrected chi connectivity index (χ3v) is 4.83. The first kappa shape index (κ1) is 18.5. The van der Waals surface area contributed by atoms with Crippen LogP contribution < -0.4 is 5.32 Å². The number of carbonyl (C=O) groups excluding carboxylic acids is 2. The van der Waals surface area contributed by atoms with Crippen LogP contribution in [0.5, 0.6) is 0 Å². The van der Waals surface area contributed by atoms with Crippen LogP contribution in [0.25, 0.3) is 0 Å². The fourth-order valence-corrected chi connectivity index (χ4v) is 3.50. The zero-order valence-electron chi connectivity index (χ0n) is 15.2.